The van der Waals surface area contributed by atoms with E-state index in [9.17, 15) is 9.59 Å². The van der Waals surface area contributed by atoms with Crippen LogP contribution in [0, 0.1) is 0 Å². The number of nitrogens with zero attached hydrogens (tertiary/aromatic N) is 5. The summed E-state index contributed by atoms with van der Waals surface area (Å²) in [6, 6.07) is 0.549. The van der Waals surface area contributed by atoms with Crippen LogP contribution in [0.5, 0.6) is 0 Å². The molecule has 0 N–H and O–H groups in total. The lowest BCUT2D eigenvalue weighted by atomic mass is 10.2. The molecule has 2 aromatic heterocycles. The van der Waals surface area contributed by atoms with Crippen molar-refractivity contribution in [1.29, 1.82) is 0 Å². The van der Waals surface area contributed by atoms with Crippen molar-refractivity contribution in [3.8, 4) is 0 Å². The summed E-state index contributed by atoms with van der Waals surface area (Å²) < 4.78 is 5.34. The Balaban J connectivity index is 2.31. The average molecular weight is 308 g/mol. The third kappa shape index (κ3) is 2.72. The second-order valence-corrected chi connectivity index (χ2v) is 6.77. The third-order valence-electron chi connectivity index (χ3n) is 4.75. The van der Waals surface area contributed by atoms with Gasteiger partial charge in [0.15, 0.2) is 11.2 Å². The standard InChI is InChI=1S/C15H26N5O2/c1-11(2)20(5,6)9-7-8-19-10-16-13-12(19)14(21)18(4)15(22)17(13)3/h10-11H,7-9H2,1-6H3/q+1. The predicted molar refractivity (Wildman–Crippen MR) is 86.9 cm³/mol. The quantitative estimate of drug-likeness (QED) is 0.747. The monoisotopic (exact) mass is 308 g/mol. The number of rotatable bonds is 5. The van der Waals surface area contributed by atoms with E-state index in [-0.39, 0.29) is 11.2 Å². The van der Waals surface area contributed by atoms with E-state index in [1.807, 2.05) is 4.57 Å². The molecule has 2 aromatic rings. The molecule has 0 aliphatic heterocycles. The van der Waals surface area contributed by atoms with Crippen molar-refractivity contribution in [2.24, 2.45) is 14.1 Å². The van der Waals surface area contributed by atoms with Crippen molar-refractivity contribution in [2.45, 2.75) is 32.9 Å². The lowest BCUT2D eigenvalue weighted by Crippen LogP contribution is -2.46. The van der Waals surface area contributed by atoms with Crippen molar-refractivity contribution in [3.05, 3.63) is 27.2 Å². The summed E-state index contributed by atoms with van der Waals surface area (Å²) >= 11 is 0. The first-order valence-electron chi connectivity index (χ1n) is 7.60. The van der Waals surface area contributed by atoms with Crippen LogP contribution in [-0.4, -0.2) is 49.9 Å². The SMILES string of the molecule is CC(C)[N+](C)(C)CCCn1cnc2c1c(=O)n(C)c(=O)n2C. The molecule has 122 valence electrons. The molecule has 0 unspecified atom stereocenters. The average Bonchev–Trinajstić information content (AvgIpc) is 2.86. The van der Waals surface area contributed by atoms with Gasteiger partial charge in [-0.15, -0.1) is 0 Å². The maximum atomic E-state index is 12.3. The van der Waals surface area contributed by atoms with Crippen molar-refractivity contribution < 1.29 is 4.48 Å². The van der Waals surface area contributed by atoms with Gasteiger partial charge in [0, 0.05) is 27.1 Å². The van der Waals surface area contributed by atoms with Crippen LogP contribution in [0.1, 0.15) is 20.3 Å². The maximum absolute atomic E-state index is 12.3. The maximum Gasteiger partial charge on any atom is 0.332 e. The van der Waals surface area contributed by atoms with Crippen LogP contribution in [0.4, 0.5) is 0 Å². The molecule has 0 atom stereocenters. The van der Waals surface area contributed by atoms with E-state index < -0.39 is 0 Å². The molecule has 0 spiro atoms. The summed E-state index contributed by atoms with van der Waals surface area (Å²) in [7, 11) is 7.55. The van der Waals surface area contributed by atoms with Gasteiger partial charge in [-0.3, -0.25) is 13.9 Å². The van der Waals surface area contributed by atoms with Crippen molar-refractivity contribution in [1.82, 2.24) is 18.7 Å². The van der Waals surface area contributed by atoms with E-state index in [0.717, 1.165) is 28.6 Å². The molecular weight excluding hydrogens is 282 g/mol. The highest BCUT2D eigenvalue weighted by Gasteiger charge is 2.19. The molecule has 2 rings (SSSR count). The molecule has 22 heavy (non-hydrogen) atoms. The Labute approximate surface area is 130 Å². The number of imidazole rings is 1. The molecule has 0 amide bonds. The van der Waals surface area contributed by atoms with E-state index in [0.29, 0.717) is 17.2 Å². The van der Waals surface area contributed by atoms with Crippen LogP contribution in [0.25, 0.3) is 11.2 Å². The fourth-order valence-corrected chi connectivity index (χ4v) is 2.47. The zero-order chi connectivity index (χ0) is 16.7. The van der Waals surface area contributed by atoms with Gasteiger partial charge < -0.3 is 9.05 Å². The number of fused-ring (bicyclic) bond motifs is 1. The number of quaternary nitrogens is 1. The Morgan fingerprint density at radius 1 is 1.18 bits per heavy atom. The second kappa shape index (κ2) is 5.72. The van der Waals surface area contributed by atoms with E-state index in [1.54, 1.807) is 13.4 Å². The summed E-state index contributed by atoms with van der Waals surface area (Å²) in [5, 5.41) is 0. The lowest BCUT2D eigenvalue weighted by molar-refractivity contribution is -0.911. The van der Waals surface area contributed by atoms with Crippen LogP contribution in [-0.2, 0) is 20.6 Å². The highest BCUT2D eigenvalue weighted by atomic mass is 16.2. The highest BCUT2D eigenvalue weighted by Crippen LogP contribution is 2.10. The molecule has 7 nitrogen and oxygen atoms in total. The van der Waals surface area contributed by atoms with E-state index in [4.69, 9.17) is 0 Å². The molecule has 0 fully saturated rings. The summed E-state index contributed by atoms with van der Waals surface area (Å²) in [4.78, 5) is 28.5. The summed E-state index contributed by atoms with van der Waals surface area (Å²) in [5.41, 5.74) is 0.318. The Bertz CT molecular complexity index is 795. The predicted octanol–water partition coefficient (Wildman–Crippen LogP) is 0.309. The Morgan fingerprint density at radius 2 is 1.82 bits per heavy atom. The van der Waals surface area contributed by atoms with Crippen LogP contribution in [0.3, 0.4) is 0 Å². The summed E-state index contributed by atoms with van der Waals surface area (Å²) in [6.07, 6.45) is 2.60. The largest absolute Gasteiger partial charge is 0.332 e. The zero-order valence-corrected chi connectivity index (χ0v) is 14.3. The molecule has 0 radical (unpaired) electrons. The fraction of sp³-hybridized carbons (Fsp3) is 0.667. The molecule has 0 saturated carbocycles. The normalized spacial score (nSPS) is 12.5. The smallest absolute Gasteiger partial charge is 0.326 e. The van der Waals surface area contributed by atoms with Crippen LogP contribution < -0.4 is 11.2 Å². The molecule has 0 aliphatic rings. The topological polar surface area (TPSA) is 61.8 Å². The van der Waals surface area contributed by atoms with E-state index in [2.05, 4.69) is 32.9 Å². The van der Waals surface area contributed by atoms with Gasteiger partial charge in [-0.25, -0.2) is 9.78 Å². The Hall–Kier alpha value is -1.89. The highest BCUT2D eigenvalue weighted by molar-refractivity contribution is 5.69. The Kier molecular flexibility index (Phi) is 4.28. The van der Waals surface area contributed by atoms with Gasteiger partial charge in [-0.2, -0.15) is 0 Å². The molecule has 0 aromatic carbocycles. The number of hydrogen-bond acceptors (Lipinski definition) is 3. The zero-order valence-electron chi connectivity index (χ0n) is 14.3. The Morgan fingerprint density at radius 3 is 2.41 bits per heavy atom. The van der Waals surface area contributed by atoms with E-state index >= 15 is 0 Å². The summed E-state index contributed by atoms with van der Waals surface area (Å²) in [6.45, 7) is 6.15. The van der Waals surface area contributed by atoms with Gasteiger partial charge >= 0.3 is 5.69 Å². The first-order chi connectivity index (χ1) is 10.2. The van der Waals surface area contributed by atoms with Crippen LogP contribution >= 0.6 is 0 Å². The lowest BCUT2D eigenvalue weighted by Gasteiger charge is -2.34. The number of hydrogen-bond donors (Lipinski definition) is 0. The van der Waals surface area contributed by atoms with Gasteiger partial charge in [-0.1, -0.05) is 0 Å². The second-order valence-electron chi connectivity index (χ2n) is 6.77. The van der Waals surface area contributed by atoms with Crippen LogP contribution in [0.15, 0.2) is 15.9 Å². The third-order valence-corrected chi connectivity index (χ3v) is 4.75. The minimum atomic E-state index is -0.347. The van der Waals surface area contributed by atoms with Gasteiger partial charge in [-0.05, 0) is 13.8 Å². The van der Waals surface area contributed by atoms with Crippen molar-refractivity contribution in [3.63, 3.8) is 0 Å². The van der Waals surface area contributed by atoms with Crippen LogP contribution in [0.2, 0.25) is 0 Å². The molecular formula is C15H26N5O2+. The molecule has 7 heteroatoms. The first kappa shape index (κ1) is 16.5. The number of aromatic nitrogens is 4. The minimum Gasteiger partial charge on any atom is -0.326 e. The molecule has 2 heterocycles. The molecule has 0 aliphatic carbocycles. The van der Waals surface area contributed by atoms with Gasteiger partial charge in [0.1, 0.15) is 0 Å². The minimum absolute atomic E-state index is 0.284. The van der Waals surface area contributed by atoms with Crippen molar-refractivity contribution in [2.75, 3.05) is 20.6 Å². The van der Waals surface area contributed by atoms with Gasteiger partial charge in [0.25, 0.3) is 5.56 Å². The van der Waals surface area contributed by atoms with E-state index in [1.165, 1.54) is 11.6 Å². The van der Waals surface area contributed by atoms with Gasteiger partial charge in [0.2, 0.25) is 0 Å². The number of aryl methyl sites for hydroxylation is 2. The first-order valence-corrected chi connectivity index (χ1v) is 7.60. The van der Waals surface area contributed by atoms with Gasteiger partial charge in [0.05, 0.1) is 33.0 Å². The molecule has 0 bridgehead atoms. The molecule has 0 saturated heterocycles. The van der Waals surface area contributed by atoms with Crippen molar-refractivity contribution >= 4 is 11.2 Å². The summed E-state index contributed by atoms with van der Waals surface area (Å²) in [5.74, 6) is 0. The fourth-order valence-electron chi connectivity index (χ4n) is 2.47.